The van der Waals surface area contributed by atoms with Crippen LogP contribution < -0.4 is 0 Å². The fourth-order valence-corrected chi connectivity index (χ4v) is 3.86. The van der Waals surface area contributed by atoms with Crippen molar-refractivity contribution in [2.24, 2.45) is 17.3 Å². The zero-order valence-corrected chi connectivity index (χ0v) is 12.5. The summed E-state index contributed by atoms with van der Waals surface area (Å²) in [5, 5.41) is 0. The van der Waals surface area contributed by atoms with E-state index in [1.165, 1.54) is 38.2 Å². The summed E-state index contributed by atoms with van der Waals surface area (Å²) in [5.41, 5.74) is 2.99. The number of hydrogen-bond donors (Lipinski definition) is 0. The molecule has 2 nitrogen and oxygen atoms in total. The van der Waals surface area contributed by atoms with Crippen LogP contribution in [0.2, 0.25) is 0 Å². The standard InChI is InChI=1S/C17H26O2/c1-12(11-19-14(3)18)6-5-9-17(4)13(2)15-7-8-16(17)10-15/h6,15-16H,2,5,7-11H2,1,3-4H3/b12-6+/t15-,16+,17+/m1/s1. The van der Waals surface area contributed by atoms with Crippen molar-refractivity contribution in [3.63, 3.8) is 0 Å². The van der Waals surface area contributed by atoms with Crippen LogP contribution in [0, 0.1) is 17.3 Å². The van der Waals surface area contributed by atoms with Gasteiger partial charge in [-0.05, 0) is 61.9 Å². The second-order valence-electron chi connectivity index (χ2n) is 6.52. The molecule has 0 aromatic rings. The van der Waals surface area contributed by atoms with Gasteiger partial charge in [0.1, 0.15) is 6.61 Å². The molecule has 2 fully saturated rings. The number of carbonyl (C=O) groups is 1. The number of fused-ring (bicyclic) bond motifs is 2. The van der Waals surface area contributed by atoms with Crippen LogP contribution in [-0.2, 0) is 9.53 Å². The monoisotopic (exact) mass is 262 g/mol. The van der Waals surface area contributed by atoms with Gasteiger partial charge in [0.05, 0.1) is 0 Å². The van der Waals surface area contributed by atoms with E-state index in [0.717, 1.165) is 23.8 Å². The van der Waals surface area contributed by atoms with Crippen LogP contribution in [-0.4, -0.2) is 12.6 Å². The minimum Gasteiger partial charge on any atom is -0.461 e. The molecule has 0 heterocycles. The number of esters is 1. The number of ether oxygens (including phenoxy) is 1. The third-order valence-electron chi connectivity index (χ3n) is 5.22. The molecule has 106 valence electrons. The van der Waals surface area contributed by atoms with Crippen molar-refractivity contribution in [1.82, 2.24) is 0 Å². The zero-order chi connectivity index (χ0) is 14.0. The Kier molecular flexibility index (Phi) is 4.17. The van der Waals surface area contributed by atoms with E-state index in [9.17, 15) is 4.79 Å². The van der Waals surface area contributed by atoms with Crippen LogP contribution in [0.15, 0.2) is 23.8 Å². The van der Waals surface area contributed by atoms with E-state index in [0.29, 0.717) is 12.0 Å². The Morgan fingerprint density at radius 2 is 2.21 bits per heavy atom. The molecule has 2 bridgehead atoms. The van der Waals surface area contributed by atoms with Crippen LogP contribution in [0.5, 0.6) is 0 Å². The largest absolute Gasteiger partial charge is 0.461 e. The van der Waals surface area contributed by atoms with Gasteiger partial charge in [0.25, 0.3) is 0 Å². The highest BCUT2D eigenvalue weighted by atomic mass is 16.5. The first-order chi connectivity index (χ1) is 8.93. The summed E-state index contributed by atoms with van der Waals surface area (Å²) in [6, 6.07) is 0. The highest BCUT2D eigenvalue weighted by Gasteiger charge is 2.49. The minimum atomic E-state index is -0.207. The first-order valence-electron chi connectivity index (χ1n) is 7.41. The first-order valence-corrected chi connectivity index (χ1v) is 7.41. The highest BCUT2D eigenvalue weighted by molar-refractivity contribution is 5.66. The van der Waals surface area contributed by atoms with E-state index in [4.69, 9.17) is 4.74 Å². The van der Waals surface area contributed by atoms with Crippen LogP contribution in [0.25, 0.3) is 0 Å². The average Bonchev–Trinajstić information content (AvgIpc) is 2.91. The summed E-state index contributed by atoms with van der Waals surface area (Å²) >= 11 is 0. The maximum absolute atomic E-state index is 10.8. The Balaban J connectivity index is 1.84. The summed E-state index contributed by atoms with van der Waals surface area (Å²) in [4.78, 5) is 10.8. The molecule has 19 heavy (non-hydrogen) atoms. The molecule has 0 radical (unpaired) electrons. The van der Waals surface area contributed by atoms with Gasteiger partial charge in [0, 0.05) is 6.92 Å². The Morgan fingerprint density at radius 3 is 2.79 bits per heavy atom. The summed E-state index contributed by atoms with van der Waals surface area (Å²) in [5.74, 6) is 1.44. The normalized spacial score (nSPS) is 33.8. The van der Waals surface area contributed by atoms with Crippen LogP contribution in [0.1, 0.15) is 52.9 Å². The molecule has 0 spiro atoms. The molecule has 2 aliphatic rings. The summed E-state index contributed by atoms with van der Waals surface area (Å²) in [7, 11) is 0. The minimum absolute atomic E-state index is 0.207. The topological polar surface area (TPSA) is 26.3 Å². The molecule has 3 atom stereocenters. The van der Waals surface area contributed by atoms with Gasteiger partial charge < -0.3 is 4.74 Å². The molecule has 2 rings (SSSR count). The second kappa shape index (κ2) is 5.52. The van der Waals surface area contributed by atoms with Crippen molar-refractivity contribution in [1.29, 1.82) is 0 Å². The number of rotatable bonds is 5. The van der Waals surface area contributed by atoms with Crippen molar-refractivity contribution < 1.29 is 9.53 Å². The first kappa shape index (κ1) is 14.4. The van der Waals surface area contributed by atoms with Crippen molar-refractivity contribution in [2.75, 3.05) is 6.61 Å². The van der Waals surface area contributed by atoms with E-state index < -0.39 is 0 Å². The van der Waals surface area contributed by atoms with Crippen LogP contribution in [0.3, 0.4) is 0 Å². The molecular weight excluding hydrogens is 236 g/mol. The van der Waals surface area contributed by atoms with Crippen molar-refractivity contribution >= 4 is 5.97 Å². The SMILES string of the molecule is C=C1[C@@H]2CC[C@@H](C2)[C@@]1(C)CC/C=C(\C)COC(C)=O. The maximum atomic E-state index is 10.8. The fraction of sp³-hybridized carbons (Fsp3) is 0.706. The van der Waals surface area contributed by atoms with E-state index in [1.54, 1.807) is 0 Å². The van der Waals surface area contributed by atoms with E-state index in [1.807, 2.05) is 6.92 Å². The van der Waals surface area contributed by atoms with Gasteiger partial charge in [0.2, 0.25) is 0 Å². The van der Waals surface area contributed by atoms with Crippen molar-refractivity contribution in [3.8, 4) is 0 Å². The lowest BCUT2D eigenvalue weighted by Gasteiger charge is -2.36. The van der Waals surface area contributed by atoms with Gasteiger partial charge in [-0.25, -0.2) is 0 Å². The molecule has 2 heteroatoms. The molecule has 0 N–H and O–H groups in total. The third-order valence-corrected chi connectivity index (χ3v) is 5.22. The lowest BCUT2D eigenvalue weighted by atomic mass is 9.69. The van der Waals surface area contributed by atoms with Crippen LogP contribution in [0.4, 0.5) is 0 Å². The number of carbonyl (C=O) groups excluding carboxylic acids is 1. The molecule has 0 unspecified atom stereocenters. The van der Waals surface area contributed by atoms with Gasteiger partial charge in [-0.2, -0.15) is 0 Å². The molecular formula is C17H26O2. The van der Waals surface area contributed by atoms with E-state index in [-0.39, 0.29) is 5.97 Å². The summed E-state index contributed by atoms with van der Waals surface area (Å²) in [6.45, 7) is 10.7. The Morgan fingerprint density at radius 1 is 1.47 bits per heavy atom. The lowest BCUT2D eigenvalue weighted by Crippen LogP contribution is -2.26. The quantitative estimate of drug-likeness (QED) is 0.546. The predicted octanol–water partition coefficient (Wildman–Crippen LogP) is 4.27. The molecule has 0 amide bonds. The number of allylic oxidation sites excluding steroid dienone is 2. The Bertz CT molecular complexity index is 407. The lowest BCUT2D eigenvalue weighted by molar-refractivity contribution is -0.139. The maximum Gasteiger partial charge on any atom is 0.302 e. The van der Waals surface area contributed by atoms with E-state index >= 15 is 0 Å². The Hall–Kier alpha value is -1.05. The molecule has 2 aliphatic carbocycles. The van der Waals surface area contributed by atoms with E-state index in [2.05, 4.69) is 19.6 Å². The predicted molar refractivity (Wildman–Crippen MR) is 77.7 cm³/mol. The molecule has 0 aromatic heterocycles. The molecule has 0 aliphatic heterocycles. The summed E-state index contributed by atoms with van der Waals surface area (Å²) in [6.07, 6.45) is 8.58. The Labute approximate surface area is 116 Å². The zero-order valence-electron chi connectivity index (χ0n) is 12.5. The van der Waals surface area contributed by atoms with Gasteiger partial charge in [0.15, 0.2) is 0 Å². The highest BCUT2D eigenvalue weighted by Crippen LogP contribution is 2.60. The summed E-state index contributed by atoms with van der Waals surface area (Å²) < 4.78 is 5.00. The molecule has 0 aromatic carbocycles. The van der Waals surface area contributed by atoms with Gasteiger partial charge >= 0.3 is 5.97 Å². The average molecular weight is 262 g/mol. The van der Waals surface area contributed by atoms with Gasteiger partial charge in [-0.3, -0.25) is 4.79 Å². The number of hydrogen-bond acceptors (Lipinski definition) is 2. The molecule has 2 saturated carbocycles. The van der Waals surface area contributed by atoms with Crippen LogP contribution >= 0.6 is 0 Å². The van der Waals surface area contributed by atoms with Crippen molar-refractivity contribution in [3.05, 3.63) is 23.8 Å². The fourth-order valence-electron chi connectivity index (χ4n) is 3.86. The second-order valence-corrected chi connectivity index (χ2v) is 6.52. The molecule has 0 saturated heterocycles. The smallest absolute Gasteiger partial charge is 0.302 e. The van der Waals surface area contributed by atoms with Crippen molar-refractivity contribution in [2.45, 2.75) is 52.9 Å². The van der Waals surface area contributed by atoms with Gasteiger partial charge in [-0.1, -0.05) is 25.2 Å². The van der Waals surface area contributed by atoms with Gasteiger partial charge in [-0.15, -0.1) is 0 Å². The third kappa shape index (κ3) is 2.93.